The average Bonchev–Trinajstić information content (AvgIpc) is 2.53. The van der Waals surface area contributed by atoms with Crippen molar-refractivity contribution >= 4 is 15.9 Å². The fourth-order valence-electron chi connectivity index (χ4n) is 1.67. The molecule has 0 spiro atoms. The number of benzene rings is 2. The van der Waals surface area contributed by atoms with E-state index in [-0.39, 0.29) is 10.6 Å². The smallest absolute Gasteiger partial charge is 0.266 e. The van der Waals surface area contributed by atoms with Gasteiger partial charge in [-0.3, -0.25) is 10.2 Å². The first-order chi connectivity index (χ1) is 10.0. The zero-order chi connectivity index (χ0) is 15.3. The van der Waals surface area contributed by atoms with Crippen LogP contribution in [0.2, 0.25) is 0 Å². The van der Waals surface area contributed by atoms with Crippen LogP contribution in [0.25, 0.3) is 0 Å². The Morgan fingerprint density at radius 2 is 1.62 bits per heavy atom. The summed E-state index contributed by atoms with van der Waals surface area (Å²) in [5.74, 6) is -0.354. The molecule has 7 heteroatoms. The molecule has 0 saturated carbocycles. The number of carbonyl (C=O) groups excluding carboxylic acids is 1. The number of para-hydroxylation sites is 1. The highest BCUT2D eigenvalue weighted by molar-refractivity contribution is 7.89. The van der Waals surface area contributed by atoms with Gasteiger partial charge in [0, 0.05) is 5.56 Å². The zero-order valence-electron chi connectivity index (χ0n) is 11.2. The molecule has 0 aliphatic carbocycles. The second kappa shape index (κ2) is 6.38. The van der Waals surface area contributed by atoms with Crippen LogP contribution in [-0.2, 0) is 10.0 Å². The van der Waals surface area contributed by atoms with E-state index in [1.165, 1.54) is 19.2 Å². The van der Waals surface area contributed by atoms with Crippen LogP contribution in [0.1, 0.15) is 10.4 Å². The lowest BCUT2D eigenvalue weighted by atomic mass is 10.2. The van der Waals surface area contributed by atoms with Crippen molar-refractivity contribution < 1.29 is 17.9 Å². The van der Waals surface area contributed by atoms with Gasteiger partial charge in [0.25, 0.3) is 15.9 Å². The topological polar surface area (TPSA) is 84.5 Å². The first kappa shape index (κ1) is 15.0. The molecule has 0 aromatic heterocycles. The maximum absolute atomic E-state index is 12.1. The highest BCUT2D eigenvalue weighted by Crippen LogP contribution is 2.21. The molecule has 2 aromatic rings. The van der Waals surface area contributed by atoms with E-state index < -0.39 is 15.9 Å². The van der Waals surface area contributed by atoms with Crippen LogP contribution >= 0.6 is 0 Å². The summed E-state index contributed by atoms with van der Waals surface area (Å²) < 4.78 is 29.3. The van der Waals surface area contributed by atoms with Crippen molar-refractivity contribution in [2.24, 2.45) is 0 Å². The van der Waals surface area contributed by atoms with Crippen molar-refractivity contribution in [3.8, 4) is 5.75 Å². The molecule has 0 bridgehead atoms. The van der Waals surface area contributed by atoms with Crippen LogP contribution in [0.4, 0.5) is 0 Å². The number of hydrazine groups is 1. The lowest BCUT2D eigenvalue weighted by Crippen LogP contribution is -2.41. The third kappa shape index (κ3) is 3.59. The fourth-order valence-corrected chi connectivity index (χ4v) is 2.68. The number of ether oxygens (including phenoxy) is 1. The van der Waals surface area contributed by atoms with Crippen LogP contribution < -0.4 is 15.0 Å². The van der Waals surface area contributed by atoms with Gasteiger partial charge in [-0.25, -0.2) is 8.42 Å². The minimum Gasteiger partial charge on any atom is -0.495 e. The number of methoxy groups -OCH3 is 1. The molecular weight excluding hydrogens is 292 g/mol. The minimum absolute atomic E-state index is 0.0548. The molecule has 0 fully saturated rings. The van der Waals surface area contributed by atoms with Gasteiger partial charge in [-0.15, -0.1) is 4.83 Å². The first-order valence-corrected chi connectivity index (χ1v) is 7.53. The van der Waals surface area contributed by atoms with E-state index in [2.05, 4.69) is 5.43 Å². The van der Waals surface area contributed by atoms with Crippen LogP contribution in [-0.4, -0.2) is 21.4 Å². The van der Waals surface area contributed by atoms with Crippen LogP contribution in [0, 0.1) is 0 Å². The number of rotatable bonds is 5. The Labute approximate surface area is 122 Å². The van der Waals surface area contributed by atoms with Gasteiger partial charge in [0.2, 0.25) is 0 Å². The largest absolute Gasteiger partial charge is 0.495 e. The third-order valence-corrected chi connectivity index (χ3v) is 3.98. The molecule has 1 amide bonds. The SMILES string of the molecule is COc1ccccc1S(=O)(=O)NNC(=O)c1ccccc1. The van der Waals surface area contributed by atoms with E-state index in [0.29, 0.717) is 5.56 Å². The highest BCUT2D eigenvalue weighted by Gasteiger charge is 2.19. The summed E-state index contributed by atoms with van der Waals surface area (Å²) in [6.07, 6.45) is 0. The van der Waals surface area contributed by atoms with Crippen molar-refractivity contribution in [1.29, 1.82) is 0 Å². The Morgan fingerprint density at radius 1 is 1.00 bits per heavy atom. The second-order valence-corrected chi connectivity index (χ2v) is 5.73. The maximum atomic E-state index is 12.1. The van der Waals surface area contributed by atoms with Crippen LogP contribution in [0.15, 0.2) is 59.5 Å². The van der Waals surface area contributed by atoms with Crippen molar-refractivity contribution in [2.45, 2.75) is 4.90 Å². The van der Waals surface area contributed by atoms with Crippen LogP contribution in [0.5, 0.6) is 5.75 Å². The number of nitrogens with one attached hydrogen (secondary N) is 2. The predicted octanol–water partition coefficient (Wildman–Crippen LogP) is 1.32. The summed E-state index contributed by atoms with van der Waals surface area (Å²) in [6.45, 7) is 0. The van der Waals surface area contributed by atoms with Crippen molar-refractivity contribution in [3.63, 3.8) is 0 Å². The summed E-state index contributed by atoms with van der Waals surface area (Å²) in [5.41, 5.74) is 2.50. The molecule has 0 heterocycles. The zero-order valence-corrected chi connectivity index (χ0v) is 12.1. The summed E-state index contributed by atoms with van der Waals surface area (Å²) in [6, 6.07) is 14.4. The number of hydrogen-bond acceptors (Lipinski definition) is 4. The Balaban J connectivity index is 2.14. The Morgan fingerprint density at radius 3 is 2.29 bits per heavy atom. The molecule has 2 rings (SSSR count). The molecule has 0 radical (unpaired) electrons. The normalized spacial score (nSPS) is 10.9. The van der Waals surface area contributed by atoms with Gasteiger partial charge in [0.05, 0.1) is 7.11 Å². The monoisotopic (exact) mass is 306 g/mol. The van der Waals surface area contributed by atoms with E-state index in [0.717, 1.165) is 0 Å². The fraction of sp³-hybridized carbons (Fsp3) is 0.0714. The molecule has 2 N–H and O–H groups in total. The second-order valence-electron chi connectivity index (χ2n) is 4.08. The number of hydrogen-bond donors (Lipinski definition) is 2. The van der Waals surface area contributed by atoms with Gasteiger partial charge in [-0.2, -0.15) is 0 Å². The quantitative estimate of drug-likeness (QED) is 0.816. The molecule has 0 saturated heterocycles. The highest BCUT2D eigenvalue weighted by atomic mass is 32.2. The molecule has 21 heavy (non-hydrogen) atoms. The van der Waals surface area contributed by atoms with Gasteiger partial charge in [0.1, 0.15) is 10.6 Å². The van der Waals surface area contributed by atoms with Gasteiger partial charge in [-0.05, 0) is 24.3 Å². The average molecular weight is 306 g/mol. The Kier molecular flexibility index (Phi) is 4.56. The molecule has 2 aromatic carbocycles. The van der Waals surface area contributed by atoms with Gasteiger partial charge < -0.3 is 4.74 Å². The Hall–Kier alpha value is -2.38. The first-order valence-electron chi connectivity index (χ1n) is 6.05. The maximum Gasteiger partial charge on any atom is 0.266 e. The van der Waals surface area contributed by atoms with Crippen molar-refractivity contribution in [3.05, 3.63) is 60.2 Å². The number of sulfonamides is 1. The van der Waals surface area contributed by atoms with Crippen LogP contribution in [0.3, 0.4) is 0 Å². The van der Waals surface area contributed by atoms with E-state index in [9.17, 15) is 13.2 Å². The molecule has 0 aliphatic heterocycles. The number of carbonyl (C=O) groups is 1. The summed E-state index contributed by atoms with van der Waals surface area (Å²) in [4.78, 5) is 13.8. The molecule has 6 nitrogen and oxygen atoms in total. The summed E-state index contributed by atoms with van der Waals surface area (Å²) in [5, 5.41) is 0. The van der Waals surface area contributed by atoms with E-state index in [4.69, 9.17) is 4.74 Å². The Bertz CT molecular complexity index is 730. The van der Waals surface area contributed by atoms with Gasteiger partial charge >= 0.3 is 0 Å². The standard InChI is InChI=1S/C14H14N2O4S/c1-20-12-9-5-6-10-13(12)21(18,19)16-15-14(17)11-7-3-2-4-8-11/h2-10,16H,1H3,(H,15,17). The van der Waals surface area contributed by atoms with Gasteiger partial charge in [0.15, 0.2) is 0 Å². The summed E-state index contributed by atoms with van der Waals surface area (Å²) in [7, 11) is -2.54. The lowest BCUT2D eigenvalue weighted by molar-refractivity contribution is 0.0945. The summed E-state index contributed by atoms with van der Waals surface area (Å²) >= 11 is 0. The number of amides is 1. The molecule has 0 atom stereocenters. The van der Waals surface area contributed by atoms with Crippen molar-refractivity contribution in [2.75, 3.05) is 7.11 Å². The predicted molar refractivity (Wildman–Crippen MR) is 77.2 cm³/mol. The molecule has 0 unspecified atom stereocenters. The van der Waals surface area contributed by atoms with E-state index in [1.54, 1.807) is 42.5 Å². The van der Waals surface area contributed by atoms with E-state index in [1.807, 2.05) is 4.83 Å². The van der Waals surface area contributed by atoms with E-state index >= 15 is 0 Å². The third-order valence-electron chi connectivity index (χ3n) is 2.69. The van der Waals surface area contributed by atoms with Crippen molar-refractivity contribution in [1.82, 2.24) is 10.3 Å². The molecule has 110 valence electrons. The molecular formula is C14H14N2O4S. The van der Waals surface area contributed by atoms with Gasteiger partial charge in [-0.1, -0.05) is 30.3 Å². The molecule has 0 aliphatic rings. The minimum atomic E-state index is -3.91. The lowest BCUT2D eigenvalue weighted by Gasteiger charge is -2.11.